The summed E-state index contributed by atoms with van der Waals surface area (Å²) >= 11 is 0. The third-order valence-corrected chi connectivity index (χ3v) is 6.10. The van der Waals surface area contributed by atoms with Gasteiger partial charge in [0, 0.05) is 40.9 Å². The van der Waals surface area contributed by atoms with Gasteiger partial charge in [0.25, 0.3) is 0 Å². The molecule has 29 heavy (non-hydrogen) atoms. The van der Waals surface area contributed by atoms with Gasteiger partial charge in [0.2, 0.25) is 5.75 Å². The molecule has 0 fully saturated rings. The second-order valence-corrected chi connectivity index (χ2v) is 7.30. The maximum atomic E-state index is 10.8. The first kappa shape index (κ1) is 19.5. The van der Waals surface area contributed by atoms with Gasteiger partial charge < -0.3 is 28.8 Å². The number of phenolic OH excluding ortho intramolecular Hbond substituents is 1. The Balaban J connectivity index is 2.21. The van der Waals surface area contributed by atoms with E-state index in [9.17, 15) is 5.11 Å². The van der Waals surface area contributed by atoms with E-state index in [1.807, 2.05) is 0 Å². The highest BCUT2D eigenvalue weighted by Crippen LogP contribution is 2.60. The zero-order valence-electron chi connectivity index (χ0n) is 17.7. The van der Waals surface area contributed by atoms with E-state index in [0.29, 0.717) is 35.2 Å². The quantitative estimate of drug-likeness (QED) is 0.825. The summed E-state index contributed by atoms with van der Waals surface area (Å²) < 4.78 is 28.6. The molecular weight excluding hydrogens is 374 g/mol. The molecule has 1 aliphatic carbocycles. The number of methoxy groups -OCH3 is 5. The van der Waals surface area contributed by atoms with Crippen LogP contribution in [0.1, 0.15) is 22.7 Å². The summed E-state index contributed by atoms with van der Waals surface area (Å²) in [6.07, 6.45) is 1.48. The minimum absolute atomic E-state index is 0.0824. The zero-order valence-corrected chi connectivity index (χ0v) is 17.7. The van der Waals surface area contributed by atoms with Crippen LogP contribution in [-0.2, 0) is 12.8 Å². The largest absolute Gasteiger partial charge is 0.508 e. The summed E-state index contributed by atoms with van der Waals surface area (Å²) in [5.41, 5.74) is 4.70. The fraction of sp³-hybridized carbons (Fsp3) is 0.455. The molecule has 0 spiro atoms. The molecule has 0 saturated heterocycles. The third-order valence-electron chi connectivity index (χ3n) is 6.10. The highest BCUT2D eigenvalue weighted by atomic mass is 16.5. The number of hydrogen-bond donors (Lipinski definition) is 1. The lowest BCUT2D eigenvalue weighted by Crippen LogP contribution is -2.36. The molecule has 1 aliphatic heterocycles. The van der Waals surface area contributed by atoms with Crippen molar-refractivity contribution in [1.29, 1.82) is 0 Å². The number of aromatic hydroxyl groups is 1. The molecule has 1 N–H and O–H groups in total. The van der Waals surface area contributed by atoms with Gasteiger partial charge in [-0.1, -0.05) is 0 Å². The average molecular weight is 401 g/mol. The van der Waals surface area contributed by atoms with Crippen molar-refractivity contribution in [3.8, 4) is 45.6 Å². The van der Waals surface area contributed by atoms with Gasteiger partial charge in [0.1, 0.15) is 5.75 Å². The van der Waals surface area contributed by atoms with Crippen LogP contribution in [0, 0.1) is 0 Å². The number of likely N-dealkylation sites (N-methyl/N-ethyl adjacent to an activating group) is 1. The lowest BCUT2D eigenvalue weighted by molar-refractivity contribution is 0.220. The predicted octanol–water partition coefficient (Wildman–Crippen LogP) is 3.19. The fourth-order valence-corrected chi connectivity index (χ4v) is 4.82. The standard InChI is InChI=1S/C22H27NO6/c1-23-8-7-11-16-13(23)9-12-14(24)10-15(25-2)20(27-4)17(12)18(16)21(28-5)22(29-6)19(11)26-3/h10,13,24H,7-9H2,1-6H3. The molecule has 7 nitrogen and oxygen atoms in total. The average Bonchev–Trinajstić information content (AvgIpc) is 2.74. The summed E-state index contributed by atoms with van der Waals surface area (Å²) in [4.78, 5) is 2.30. The van der Waals surface area contributed by atoms with Gasteiger partial charge in [-0.05, 0) is 25.5 Å². The SMILES string of the molecule is COc1cc(O)c2c(c1OC)-c1c(OC)c(OC)c(OC)c3c1C(C2)N(C)CC3. The fourth-order valence-electron chi connectivity index (χ4n) is 4.82. The number of ether oxygens (including phenoxy) is 5. The van der Waals surface area contributed by atoms with Gasteiger partial charge in [-0.3, -0.25) is 4.90 Å². The van der Waals surface area contributed by atoms with E-state index in [4.69, 9.17) is 23.7 Å². The Hall–Kier alpha value is -2.80. The maximum Gasteiger partial charge on any atom is 0.204 e. The van der Waals surface area contributed by atoms with Gasteiger partial charge in [-0.2, -0.15) is 0 Å². The van der Waals surface area contributed by atoms with Gasteiger partial charge in [0.05, 0.1) is 35.5 Å². The zero-order chi connectivity index (χ0) is 20.9. The topological polar surface area (TPSA) is 69.6 Å². The molecule has 1 heterocycles. The van der Waals surface area contributed by atoms with Crippen molar-refractivity contribution >= 4 is 0 Å². The van der Waals surface area contributed by atoms with Crippen LogP contribution in [0.15, 0.2) is 6.07 Å². The number of rotatable bonds is 5. The van der Waals surface area contributed by atoms with E-state index in [-0.39, 0.29) is 11.8 Å². The van der Waals surface area contributed by atoms with Crippen LogP contribution in [0.2, 0.25) is 0 Å². The molecule has 2 aliphatic rings. The first-order chi connectivity index (χ1) is 14.0. The minimum atomic E-state index is 0.0824. The lowest BCUT2D eigenvalue weighted by atomic mass is 9.75. The van der Waals surface area contributed by atoms with Crippen molar-refractivity contribution in [3.05, 3.63) is 22.8 Å². The highest BCUT2D eigenvalue weighted by molar-refractivity contribution is 5.91. The number of fused-ring (bicyclic) bond motifs is 2. The Morgan fingerprint density at radius 3 is 2.07 bits per heavy atom. The lowest BCUT2D eigenvalue weighted by Gasteiger charge is -2.41. The van der Waals surface area contributed by atoms with Crippen molar-refractivity contribution in [1.82, 2.24) is 4.90 Å². The van der Waals surface area contributed by atoms with E-state index < -0.39 is 0 Å². The smallest absolute Gasteiger partial charge is 0.204 e. The second-order valence-electron chi connectivity index (χ2n) is 7.30. The molecule has 0 bridgehead atoms. The molecule has 1 atom stereocenters. The molecule has 156 valence electrons. The van der Waals surface area contributed by atoms with Crippen molar-refractivity contribution in [2.75, 3.05) is 49.1 Å². The van der Waals surface area contributed by atoms with Crippen LogP contribution in [-0.4, -0.2) is 59.1 Å². The van der Waals surface area contributed by atoms with Crippen molar-refractivity contribution < 1.29 is 28.8 Å². The van der Waals surface area contributed by atoms with Gasteiger partial charge >= 0.3 is 0 Å². The Kier molecular flexibility index (Phi) is 4.86. The summed E-state index contributed by atoms with van der Waals surface area (Å²) in [6, 6.07) is 1.69. The molecular formula is C22H27NO6. The van der Waals surface area contributed by atoms with E-state index in [1.54, 1.807) is 41.6 Å². The normalized spacial score (nSPS) is 17.2. The summed E-state index contributed by atoms with van der Waals surface area (Å²) in [5, 5.41) is 10.8. The molecule has 0 aromatic heterocycles. The first-order valence-corrected chi connectivity index (χ1v) is 9.54. The van der Waals surface area contributed by atoms with Crippen molar-refractivity contribution in [2.24, 2.45) is 0 Å². The predicted molar refractivity (Wildman–Crippen MR) is 109 cm³/mol. The third kappa shape index (κ3) is 2.60. The van der Waals surface area contributed by atoms with Crippen molar-refractivity contribution in [2.45, 2.75) is 18.9 Å². The van der Waals surface area contributed by atoms with Gasteiger partial charge in [-0.25, -0.2) is 0 Å². The van der Waals surface area contributed by atoms with E-state index in [1.165, 1.54) is 0 Å². The maximum absolute atomic E-state index is 10.8. The highest BCUT2D eigenvalue weighted by Gasteiger charge is 2.41. The van der Waals surface area contributed by atoms with Gasteiger partial charge in [-0.15, -0.1) is 0 Å². The summed E-state index contributed by atoms with van der Waals surface area (Å²) in [7, 11) is 10.1. The van der Waals surface area contributed by atoms with Crippen LogP contribution < -0.4 is 23.7 Å². The Morgan fingerprint density at radius 2 is 1.48 bits per heavy atom. The molecule has 7 heteroatoms. The molecule has 1 unspecified atom stereocenters. The molecule has 0 radical (unpaired) electrons. The Labute approximate surface area is 170 Å². The Bertz CT molecular complexity index is 971. The molecule has 2 aromatic rings. The molecule has 0 saturated carbocycles. The van der Waals surface area contributed by atoms with E-state index in [2.05, 4.69) is 11.9 Å². The van der Waals surface area contributed by atoms with Crippen molar-refractivity contribution in [3.63, 3.8) is 0 Å². The molecule has 4 rings (SSSR count). The second kappa shape index (κ2) is 7.22. The van der Waals surface area contributed by atoms with Crippen LogP contribution in [0.25, 0.3) is 11.1 Å². The van der Waals surface area contributed by atoms with Crippen LogP contribution in [0.4, 0.5) is 0 Å². The van der Waals surface area contributed by atoms with Crippen LogP contribution in [0.3, 0.4) is 0 Å². The summed E-state index contributed by atoms with van der Waals surface area (Å²) in [5.74, 6) is 3.03. The van der Waals surface area contributed by atoms with E-state index >= 15 is 0 Å². The number of nitrogens with zero attached hydrogens (tertiary/aromatic N) is 1. The summed E-state index contributed by atoms with van der Waals surface area (Å²) in [6.45, 7) is 0.881. The molecule has 0 amide bonds. The van der Waals surface area contributed by atoms with E-state index in [0.717, 1.165) is 40.8 Å². The Morgan fingerprint density at radius 1 is 0.828 bits per heavy atom. The first-order valence-electron chi connectivity index (χ1n) is 9.54. The van der Waals surface area contributed by atoms with Crippen LogP contribution >= 0.6 is 0 Å². The number of benzene rings is 2. The van der Waals surface area contributed by atoms with Crippen LogP contribution in [0.5, 0.6) is 34.5 Å². The number of hydrogen-bond acceptors (Lipinski definition) is 7. The molecule has 2 aromatic carbocycles. The monoisotopic (exact) mass is 401 g/mol. The number of phenols is 1. The van der Waals surface area contributed by atoms with Gasteiger partial charge in [0.15, 0.2) is 23.0 Å². The minimum Gasteiger partial charge on any atom is -0.508 e.